The molecule has 2 fully saturated rings. The van der Waals surface area contributed by atoms with Gasteiger partial charge in [-0.1, -0.05) is 0 Å². The molecular weight excluding hydrogens is 152 g/mol. The summed E-state index contributed by atoms with van der Waals surface area (Å²) >= 11 is 0. The highest BCUT2D eigenvalue weighted by atomic mass is 16.6. The smallest absolute Gasteiger partial charge is 0.339 e. The molecule has 0 aromatic heterocycles. The molecule has 60 valence electrons. The van der Waals surface area contributed by atoms with Crippen molar-refractivity contribution in [3.05, 3.63) is 0 Å². The number of esters is 2. The molecule has 2 rings (SSSR count). The summed E-state index contributed by atoms with van der Waals surface area (Å²) in [5, 5.41) is 9.03. The monoisotopic (exact) mass is 158 g/mol. The van der Waals surface area contributed by atoms with E-state index in [2.05, 4.69) is 9.47 Å². The number of hydrogen-bond acceptors (Lipinski definition) is 5. The molecule has 5 heteroatoms. The third kappa shape index (κ3) is 0.808. The number of fused-ring (bicyclic) bond motifs is 1. The number of rotatable bonds is 0. The van der Waals surface area contributed by atoms with Crippen LogP contribution in [0.1, 0.15) is 6.42 Å². The molecule has 0 radical (unpaired) electrons. The van der Waals surface area contributed by atoms with E-state index in [1.807, 2.05) is 0 Å². The van der Waals surface area contributed by atoms with Crippen molar-refractivity contribution in [2.75, 3.05) is 0 Å². The van der Waals surface area contributed by atoms with Crippen LogP contribution in [0.15, 0.2) is 0 Å². The fourth-order valence-corrected chi connectivity index (χ4v) is 1.29. The van der Waals surface area contributed by atoms with Gasteiger partial charge in [-0.25, -0.2) is 4.79 Å². The van der Waals surface area contributed by atoms with Crippen molar-refractivity contribution in [1.29, 1.82) is 0 Å². The topological polar surface area (TPSA) is 72.8 Å². The molecule has 0 aliphatic carbocycles. The summed E-state index contributed by atoms with van der Waals surface area (Å²) in [7, 11) is 0. The van der Waals surface area contributed by atoms with Gasteiger partial charge in [-0.2, -0.15) is 0 Å². The second kappa shape index (κ2) is 1.94. The van der Waals surface area contributed by atoms with Crippen LogP contribution >= 0.6 is 0 Å². The predicted molar refractivity (Wildman–Crippen MR) is 30.4 cm³/mol. The molecule has 0 aromatic rings. The Bertz CT molecular complexity index is 223. The zero-order valence-corrected chi connectivity index (χ0v) is 5.52. The lowest BCUT2D eigenvalue weighted by Crippen LogP contribution is -2.29. The van der Waals surface area contributed by atoms with Gasteiger partial charge in [0.25, 0.3) is 0 Å². The van der Waals surface area contributed by atoms with Gasteiger partial charge in [-0.15, -0.1) is 0 Å². The zero-order valence-electron chi connectivity index (χ0n) is 5.52. The van der Waals surface area contributed by atoms with Crippen LogP contribution in [0, 0.1) is 0 Å². The third-order valence-corrected chi connectivity index (χ3v) is 1.82. The van der Waals surface area contributed by atoms with Crippen molar-refractivity contribution in [1.82, 2.24) is 0 Å². The van der Waals surface area contributed by atoms with E-state index in [4.69, 9.17) is 5.11 Å². The molecule has 2 heterocycles. The minimum atomic E-state index is -1.29. The van der Waals surface area contributed by atoms with Gasteiger partial charge >= 0.3 is 11.9 Å². The van der Waals surface area contributed by atoms with E-state index in [1.165, 1.54) is 0 Å². The van der Waals surface area contributed by atoms with E-state index >= 15 is 0 Å². The summed E-state index contributed by atoms with van der Waals surface area (Å²) in [6, 6.07) is 0. The van der Waals surface area contributed by atoms with E-state index in [1.54, 1.807) is 0 Å². The number of ether oxygens (including phenoxy) is 2. The average molecular weight is 158 g/mol. The lowest BCUT2D eigenvalue weighted by atomic mass is 10.1. The first-order valence-corrected chi connectivity index (χ1v) is 3.26. The normalized spacial score (nSPS) is 41.7. The second-order valence-electron chi connectivity index (χ2n) is 2.58. The largest absolute Gasteiger partial charge is 0.456 e. The summed E-state index contributed by atoms with van der Waals surface area (Å²) < 4.78 is 9.27. The van der Waals surface area contributed by atoms with Crippen LogP contribution < -0.4 is 0 Å². The molecule has 5 nitrogen and oxygen atoms in total. The molecule has 3 unspecified atom stereocenters. The number of aliphatic hydroxyl groups excluding tert-OH is 1. The molecule has 0 saturated carbocycles. The third-order valence-electron chi connectivity index (χ3n) is 1.82. The number of carbonyl (C=O) groups is 2. The van der Waals surface area contributed by atoms with Crippen LogP contribution in [0.3, 0.4) is 0 Å². The maximum Gasteiger partial charge on any atom is 0.339 e. The molecular formula is C6H6O5. The molecule has 1 N–H and O–H groups in total. The Kier molecular flexibility index (Phi) is 1.17. The second-order valence-corrected chi connectivity index (χ2v) is 2.58. The Labute approximate surface area is 61.9 Å². The van der Waals surface area contributed by atoms with Crippen LogP contribution in [0.2, 0.25) is 0 Å². The first-order valence-electron chi connectivity index (χ1n) is 3.26. The van der Waals surface area contributed by atoms with Gasteiger partial charge in [0.2, 0.25) is 0 Å². The van der Waals surface area contributed by atoms with Crippen LogP contribution in [-0.2, 0) is 19.1 Å². The quantitative estimate of drug-likeness (QED) is 0.438. The van der Waals surface area contributed by atoms with Gasteiger partial charge in [0.1, 0.15) is 0 Å². The Morgan fingerprint density at radius 1 is 1.36 bits per heavy atom. The molecule has 2 saturated heterocycles. The summed E-state index contributed by atoms with van der Waals surface area (Å²) in [6.07, 6.45) is -2.56. The highest BCUT2D eigenvalue weighted by Gasteiger charge is 2.51. The first kappa shape index (κ1) is 6.60. The van der Waals surface area contributed by atoms with E-state index in [-0.39, 0.29) is 6.42 Å². The van der Waals surface area contributed by atoms with Crippen LogP contribution in [0.25, 0.3) is 0 Å². The van der Waals surface area contributed by atoms with E-state index in [0.717, 1.165) is 0 Å². The number of carbonyl (C=O) groups excluding carboxylic acids is 2. The Morgan fingerprint density at radius 3 is 2.73 bits per heavy atom. The van der Waals surface area contributed by atoms with Gasteiger partial charge in [-0.05, 0) is 0 Å². The zero-order chi connectivity index (χ0) is 8.01. The fourth-order valence-electron chi connectivity index (χ4n) is 1.29. The van der Waals surface area contributed by atoms with Gasteiger partial charge in [-0.3, -0.25) is 4.79 Å². The minimum absolute atomic E-state index is 0.0630. The maximum absolute atomic E-state index is 10.6. The molecule has 0 amide bonds. The van der Waals surface area contributed by atoms with Crippen LogP contribution in [0.5, 0.6) is 0 Å². The Hall–Kier alpha value is -1.10. The minimum Gasteiger partial charge on any atom is -0.456 e. The van der Waals surface area contributed by atoms with Crippen molar-refractivity contribution in [3.63, 3.8) is 0 Å². The Morgan fingerprint density at radius 2 is 2.09 bits per heavy atom. The highest BCUT2D eigenvalue weighted by Crippen LogP contribution is 2.27. The van der Waals surface area contributed by atoms with E-state index in [9.17, 15) is 9.59 Å². The molecule has 2 aliphatic rings. The SMILES string of the molecule is O=C1CC2OC(=O)C(O)C2O1. The number of hydrogen-bond donors (Lipinski definition) is 1. The summed E-state index contributed by atoms with van der Waals surface area (Å²) in [4.78, 5) is 21.2. The summed E-state index contributed by atoms with van der Waals surface area (Å²) in [5.41, 5.74) is 0. The van der Waals surface area contributed by atoms with Gasteiger partial charge in [0, 0.05) is 0 Å². The maximum atomic E-state index is 10.6. The van der Waals surface area contributed by atoms with Crippen LogP contribution in [-0.4, -0.2) is 35.4 Å². The summed E-state index contributed by atoms with van der Waals surface area (Å²) in [5.74, 6) is -1.13. The van der Waals surface area contributed by atoms with Crippen LogP contribution in [0.4, 0.5) is 0 Å². The molecule has 11 heavy (non-hydrogen) atoms. The van der Waals surface area contributed by atoms with E-state index < -0.39 is 30.3 Å². The lowest BCUT2D eigenvalue weighted by Gasteiger charge is -2.05. The van der Waals surface area contributed by atoms with Gasteiger partial charge in [0.05, 0.1) is 6.42 Å². The fraction of sp³-hybridized carbons (Fsp3) is 0.667. The number of aliphatic hydroxyl groups is 1. The molecule has 0 aromatic carbocycles. The highest BCUT2D eigenvalue weighted by molar-refractivity contribution is 5.82. The molecule has 0 spiro atoms. The van der Waals surface area contributed by atoms with Crippen molar-refractivity contribution in [2.45, 2.75) is 24.7 Å². The molecule has 0 bridgehead atoms. The van der Waals surface area contributed by atoms with Crippen molar-refractivity contribution >= 4 is 11.9 Å². The van der Waals surface area contributed by atoms with Gasteiger partial charge in [0.15, 0.2) is 18.3 Å². The molecule has 2 aliphatic heterocycles. The predicted octanol–water partition coefficient (Wildman–Crippen LogP) is -1.41. The van der Waals surface area contributed by atoms with Crippen molar-refractivity contribution in [2.24, 2.45) is 0 Å². The van der Waals surface area contributed by atoms with E-state index in [0.29, 0.717) is 0 Å². The van der Waals surface area contributed by atoms with Crippen molar-refractivity contribution < 1.29 is 24.2 Å². The summed E-state index contributed by atoms with van der Waals surface area (Å²) in [6.45, 7) is 0. The lowest BCUT2D eigenvalue weighted by molar-refractivity contribution is -0.152. The standard InChI is InChI=1S/C6H6O5/c7-3-1-2-5(11-3)4(8)6(9)10-2/h2,4-5,8H,1H2. The van der Waals surface area contributed by atoms with Crippen molar-refractivity contribution in [3.8, 4) is 0 Å². The average Bonchev–Trinajstić information content (AvgIpc) is 2.37. The first-order chi connectivity index (χ1) is 5.18. The van der Waals surface area contributed by atoms with Gasteiger partial charge < -0.3 is 14.6 Å². The Balaban J connectivity index is 2.19. The molecule has 3 atom stereocenters.